The first-order valence-electron chi connectivity index (χ1n) is 12.6. The lowest BCUT2D eigenvalue weighted by atomic mass is 9.95. The summed E-state index contributed by atoms with van der Waals surface area (Å²) in [4.78, 5) is 31.7. The van der Waals surface area contributed by atoms with Crippen molar-refractivity contribution in [3.05, 3.63) is 117 Å². The molecule has 0 unspecified atom stereocenters. The highest BCUT2D eigenvalue weighted by molar-refractivity contribution is 6.08. The molecule has 0 bridgehead atoms. The van der Waals surface area contributed by atoms with Gasteiger partial charge in [0.1, 0.15) is 11.6 Å². The van der Waals surface area contributed by atoms with E-state index in [0.29, 0.717) is 5.56 Å². The number of aliphatic hydroxyl groups excluding tert-OH is 1. The van der Waals surface area contributed by atoms with Crippen LogP contribution < -0.4 is 5.32 Å². The van der Waals surface area contributed by atoms with E-state index in [2.05, 4.69) is 15.3 Å². The number of azide groups is 1. The summed E-state index contributed by atoms with van der Waals surface area (Å²) in [5.41, 5.74) is 9.27. The summed E-state index contributed by atoms with van der Waals surface area (Å²) in [6.07, 6.45) is 4.43. The number of hydrogen-bond acceptors (Lipinski definition) is 4. The molecular weight excluding hydrogens is 504 g/mol. The predicted molar refractivity (Wildman–Crippen MR) is 142 cm³/mol. The molecule has 10 heteroatoms. The fraction of sp³-hybridized carbons (Fsp3) is 0.241. The van der Waals surface area contributed by atoms with Gasteiger partial charge in [-0.25, -0.2) is 8.78 Å². The van der Waals surface area contributed by atoms with Crippen molar-refractivity contribution in [3.8, 4) is 0 Å². The Hall–Kier alpha value is -4.69. The molecule has 0 atom stereocenters. The second-order valence-corrected chi connectivity index (χ2v) is 9.24. The highest BCUT2D eigenvalue weighted by Crippen LogP contribution is 2.28. The monoisotopic (exact) mass is 531 g/mol. The number of carbonyl (C=O) groups excluding carboxylic acids is 2. The zero-order chi connectivity index (χ0) is 27.8. The standard InChI is InChI=1S/C29H27F2N5O3/c30-21-14-10-19(11-15-21)18-36(29(39)24-8-4-5-9-25(24)34-35-32)26(27(37)20-12-16-22(31)17-13-20)28(38)33-23-6-2-1-3-7-23/h4-5,8-17,23,37H,1-3,6-7,18H2,(H,33,38)/b27-26+. The summed E-state index contributed by atoms with van der Waals surface area (Å²) in [5, 5.41) is 17.9. The lowest BCUT2D eigenvalue weighted by molar-refractivity contribution is -0.119. The van der Waals surface area contributed by atoms with Gasteiger partial charge in [0, 0.05) is 22.1 Å². The van der Waals surface area contributed by atoms with Crippen molar-refractivity contribution >= 4 is 23.3 Å². The van der Waals surface area contributed by atoms with E-state index in [1.165, 1.54) is 48.5 Å². The Morgan fingerprint density at radius 3 is 2.21 bits per heavy atom. The maximum absolute atomic E-state index is 14.0. The molecule has 0 radical (unpaired) electrons. The number of amides is 2. The van der Waals surface area contributed by atoms with Crippen molar-refractivity contribution in [2.45, 2.75) is 44.7 Å². The van der Waals surface area contributed by atoms with E-state index in [9.17, 15) is 23.5 Å². The molecule has 3 aromatic rings. The molecule has 2 N–H and O–H groups in total. The van der Waals surface area contributed by atoms with Crippen LogP contribution in [0.25, 0.3) is 16.2 Å². The number of aliphatic hydroxyl groups is 1. The van der Waals surface area contributed by atoms with Gasteiger partial charge in [0.25, 0.3) is 11.8 Å². The van der Waals surface area contributed by atoms with E-state index in [1.807, 2.05) is 0 Å². The Balaban J connectivity index is 1.87. The quantitative estimate of drug-likeness (QED) is 0.108. The van der Waals surface area contributed by atoms with Crippen molar-refractivity contribution in [1.29, 1.82) is 0 Å². The fourth-order valence-corrected chi connectivity index (χ4v) is 4.56. The molecule has 0 heterocycles. The molecule has 0 saturated heterocycles. The minimum absolute atomic E-state index is 0.00714. The third-order valence-electron chi connectivity index (χ3n) is 6.55. The average Bonchev–Trinajstić information content (AvgIpc) is 2.95. The lowest BCUT2D eigenvalue weighted by Gasteiger charge is -2.29. The van der Waals surface area contributed by atoms with Gasteiger partial charge >= 0.3 is 0 Å². The first kappa shape index (κ1) is 27.3. The summed E-state index contributed by atoms with van der Waals surface area (Å²) in [6.45, 7) is -0.220. The molecular formula is C29H27F2N5O3. The molecule has 0 spiro atoms. The van der Waals surface area contributed by atoms with Crippen LogP contribution in [0.5, 0.6) is 0 Å². The molecule has 200 valence electrons. The van der Waals surface area contributed by atoms with Crippen molar-refractivity contribution in [1.82, 2.24) is 10.2 Å². The van der Waals surface area contributed by atoms with Gasteiger partial charge in [-0.3, -0.25) is 14.5 Å². The van der Waals surface area contributed by atoms with E-state index in [0.717, 1.165) is 49.1 Å². The van der Waals surface area contributed by atoms with E-state index < -0.39 is 29.2 Å². The van der Waals surface area contributed by atoms with Crippen molar-refractivity contribution in [2.75, 3.05) is 0 Å². The zero-order valence-electron chi connectivity index (χ0n) is 21.1. The largest absolute Gasteiger partial charge is 0.505 e. The molecule has 8 nitrogen and oxygen atoms in total. The van der Waals surface area contributed by atoms with Crippen LogP contribution in [0, 0.1) is 11.6 Å². The van der Waals surface area contributed by atoms with Gasteiger partial charge in [0.2, 0.25) is 0 Å². The topological polar surface area (TPSA) is 118 Å². The lowest BCUT2D eigenvalue weighted by Crippen LogP contribution is -2.43. The van der Waals surface area contributed by atoms with Crippen LogP contribution in [-0.2, 0) is 11.3 Å². The summed E-state index contributed by atoms with van der Waals surface area (Å²) in [5.74, 6) is -2.99. The van der Waals surface area contributed by atoms with E-state index in [-0.39, 0.29) is 35.1 Å². The van der Waals surface area contributed by atoms with Crippen LogP contribution in [0.15, 0.2) is 83.6 Å². The highest BCUT2D eigenvalue weighted by atomic mass is 19.1. The van der Waals surface area contributed by atoms with Gasteiger partial charge in [-0.1, -0.05) is 54.7 Å². The fourth-order valence-electron chi connectivity index (χ4n) is 4.56. The molecule has 0 aromatic heterocycles. The first-order valence-corrected chi connectivity index (χ1v) is 12.6. The van der Waals surface area contributed by atoms with Crippen molar-refractivity contribution in [3.63, 3.8) is 0 Å². The summed E-state index contributed by atoms with van der Waals surface area (Å²) < 4.78 is 27.3. The number of rotatable bonds is 8. The van der Waals surface area contributed by atoms with Gasteiger partial charge in [0.05, 0.1) is 12.2 Å². The maximum atomic E-state index is 14.0. The second kappa shape index (κ2) is 12.7. The number of halogens is 2. The zero-order valence-corrected chi connectivity index (χ0v) is 21.1. The van der Waals surface area contributed by atoms with Crippen molar-refractivity contribution < 1.29 is 23.5 Å². The summed E-state index contributed by atoms with van der Waals surface area (Å²) in [6, 6.07) is 16.1. The number of benzene rings is 3. The van der Waals surface area contributed by atoms with Gasteiger partial charge in [-0.2, -0.15) is 0 Å². The molecule has 1 aliphatic carbocycles. The van der Waals surface area contributed by atoms with Crippen molar-refractivity contribution in [2.24, 2.45) is 5.11 Å². The van der Waals surface area contributed by atoms with E-state index in [1.54, 1.807) is 12.1 Å². The van der Waals surface area contributed by atoms with Crippen LogP contribution in [-0.4, -0.2) is 27.9 Å². The minimum atomic E-state index is -0.732. The molecule has 1 aliphatic rings. The third-order valence-corrected chi connectivity index (χ3v) is 6.55. The molecule has 2 amide bonds. The second-order valence-electron chi connectivity index (χ2n) is 9.24. The average molecular weight is 532 g/mol. The molecule has 3 aromatic carbocycles. The third kappa shape index (κ3) is 6.80. The smallest absolute Gasteiger partial charge is 0.272 e. The Kier molecular flexibility index (Phi) is 8.91. The first-order chi connectivity index (χ1) is 18.9. The number of nitrogens with zero attached hydrogens (tertiary/aromatic N) is 4. The highest BCUT2D eigenvalue weighted by Gasteiger charge is 2.31. The number of hydrogen-bond donors (Lipinski definition) is 2. The molecule has 39 heavy (non-hydrogen) atoms. The van der Waals surface area contributed by atoms with Crippen LogP contribution in [0.4, 0.5) is 14.5 Å². The van der Waals surface area contributed by atoms with Gasteiger partial charge in [-0.15, -0.1) is 0 Å². The SMILES string of the molecule is [N-]=[N+]=Nc1ccccc1C(=O)N(Cc1ccc(F)cc1)/C(C(=O)NC1CCCCC1)=C(/O)c1ccc(F)cc1. The van der Waals surface area contributed by atoms with Gasteiger partial charge in [0.15, 0.2) is 11.5 Å². The molecule has 4 rings (SSSR count). The van der Waals surface area contributed by atoms with E-state index >= 15 is 0 Å². The maximum Gasteiger partial charge on any atom is 0.272 e. The van der Waals surface area contributed by atoms with Crippen LogP contribution in [0.2, 0.25) is 0 Å². The Morgan fingerprint density at radius 2 is 1.56 bits per heavy atom. The van der Waals surface area contributed by atoms with E-state index in [4.69, 9.17) is 5.53 Å². The number of carbonyl (C=O) groups is 2. The predicted octanol–water partition coefficient (Wildman–Crippen LogP) is 6.92. The van der Waals surface area contributed by atoms with Crippen LogP contribution in [0.1, 0.15) is 53.6 Å². The Morgan fingerprint density at radius 1 is 0.949 bits per heavy atom. The minimum Gasteiger partial charge on any atom is -0.505 e. The Bertz CT molecular complexity index is 1410. The summed E-state index contributed by atoms with van der Waals surface area (Å²) >= 11 is 0. The normalized spacial score (nSPS) is 14.1. The molecule has 1 fully saturated rings. The van der Waals surface area contributed by atoms with Crippen LogP contribution >= 0.6 is 0 Å². The van der Waals surface area contributed by atoms with Gasteiger partial charge < -0.3 is 10.4 Å². The van der Waals surface area contributed by atoms with Gasteiger partial charge in [-0.05, 0) is 66.4 Å². The molecule has 1 saturated carbocycles. The number of nitrogens with one attached hydrogen (secondary N) is 1. The molecule has 0 aliphatic heterocycles. The summed E-state index contributed by atoms with van der Waals surface area (Å²) in [7, 11) is 0. The Labute approximate surface area is 224 Å². The van der Waals surface area contributed by atoms with Crippen LogP contribution in [0.3, 0.4) is 0 Å².